The number of amides is 2. The van der Waals surface area contributed by atoms with Crippen LogP contribution in [0.3, 0.4) is 0 Å². The van der Waals surface area contributed by atoms with Gasteiger partial charge in [0.1, 0.15) is 24.0 Å². The molecular weight excluding hydrogens is 552 g/mol. The van der Waals surface area contributed by atoms with E-state index in [2.05, 4.69) is 0 Å². The molecule has 0 unspecified atom stereocenters. The highest BCUT2D eigenvalue weighted by atomic mass is 35.5. The first-order valence-electron chi connectivity index (χ1n) is 13.2. The summed E-state index contributed by atoms with van der Waals surface area (Å²) in [4.78, 5) is 27.4. The number of carbonyl (C=O) groups excluding carboxylic acids is 2. The van der Waals surface area contributed by atoms with Crippen molar-refractivity contribution in [3.8, 4) is 28.8 Å². The van der Waals surface area contributed by atoms with Gasteiger partial charge in [0.05, 0.1) is 24.5 Å². The van der Waals surface area contributed by atoms with Gasteiger partial charge in [-0.2, -0.15) is 10.4 Å². The smallest absolute Gasteiger partial charge is 0.271 e. The number of halogens is 1. The molecule has 42 heavy (non-hydrogen) atoms. The first-order valence-corrected chi connectivity index (χ1v) is 13.6. The van der Waals surface area contributed by atoms with Crippen molar-refractivity contribution in [2.75, 3.05) is 20.3 Å². The molecule has 2 amide bonds. The zero-order chi connectivity index (χ0) is 29.6. The molecule has 0 saturated heterocycles. The van der Waals surface area contributed by atoms with E-state index in [0.717, 1.165) is 21.7 Å². The molecule has 2 heterocycles. The normalized spacial score (nSPS) is 14.4. The topological polar surface area (TPSA) is 97.5 Å². The molecule has 8 nitrogen and oxygen atoms in total. The SMILES string of the molecule is COCCN1C(=O)C(C#N)=C(C)/C(=C\c2cn(-c3ccccc3)nc2-c2ccc(OCc3ccc(Cl)cc3)cc2)C1=O. The first-order chi connectivity index (χ1) is 20.4. The summed E-state index contributed by atoms with van der Waals surface area (Å²) in [6, 6.07) is 26.6. The van der Waals surface area contributed by atoms with E-state index in [9.17, 15) is 14.9 Å². The van der Waals surface area contributed by atoms with Gasteiger partial charge in [0, 0.05) is 35.0 Å². The van der Waals surface area contributed by atoms with E-state index in [0.29, 0.717) is 34.2 Å². The molecular formula is C33H27ClN4O4. The van der Waals surface area contributed by atoms with E-state index in [1.165, 1.54) is 7.11 Å². The molecule has 0 atom stereocenters. The van der Waals surface area contributed by atoms with Crippen LogP contribution in [0.1, 0.15) is 18.1 Å². The van der Waals surface area contributed by atoms with Crippen LogP contribution in [0.5, 0.6) is 5.75 Å². The maximum atomic E-state index is 13.5. The minimum atomic E-state index is -0.622. The Hall–Kier alpha value is -4.97. The molecule has 0 saturated carbocycles. The van der Waals surface area contributed by atoms with Crippen molar-refractivity contribution >= 4 is 29.5 Å². The summed E-state index contributed by atoms with van der Waals surface area (Å²) in [6.07, 6.45) is 3.51. The number of hydrogen-bond acceptors (Lipinski definition) is 6. The van der Waals surface area contributed by atoms with Crippen molar-refractivity contribution in [1.82, 2.24) is 14.7 Å². The summed E-state index contributed by atoms with van der Waals surface area (Å²) in [5, 5.41) is 15.2. The zero-order valence-corrected chi connectivity index (χ0v) is 23.8. The fraction of sp³-hybridized carbons (Fsp3) is 0.152. The van der Waals surface area contributed by atoms with Crippen LogP contribution >= 0.6 is 11.6 Å². The second-order valence-corrected chi connectivity index (χ2v) is 10.0. The highest BCUT2D eigenvalue weighted by Crippen LogP contribution is 2.32. The number of nitriles is 1. The Labute approximate surface area is 248 Å². The van der Waals surface area contributed by atoms with E-state index in [1.807, 2.05) is 91.1 Å². The molecule has 0 spiro atoms. The number of ether oxygens (including phenoxy) is 2. The number of methoxy groups -OCH3 is 1. The lowest BCUT2D eigenvalue weighted by Gasteiger charge is -2.27. The third-order valence-electron chi connectivity index (χ3n) is 6.85. The minimum Gasteiger partial charge on any atom is -0.489 e. The van der Waals surface area contributed by atoms with E-state index in [-0.39, 0.29) is 24.3 Å². The molecule has 0 aliphatic carbocycles. The summed E-state index contributed by atoms with van der Waals surface area (Å²) >= 11 is 5.97. The zero-order valence-electron chi connectivity index (χ0n) is 23.1. The van der Waals surface area contributed by atoms with Crippen LogP contribution in [0, 0.1) is 11.3 Å². The standard InChI is InChI=1S/C33H27ClN4O4/c1-22-29(32(39)37(16-17-41-2)33(40)30(22)19-35)18-25-20-38(27-6-4-3-5-7-27)36-31(25)24-10-14-28(15-11-24)42-21-23-8-12-26(34)13-9-23/h3-15,18,20H,16-17,21H2,1-2H3/b29-18+. The second-order valence-electron chi connectivity index (χ2n) is 9.58. The van der Waals surface area contributed by atoms with Crippen molar-refractivity contribution in [3.63, 3.8) is 0 Å². The number of nitrogens with zero attached hydrogens (tertiary/aromatic N) is 4. The van der Waals surface area contributed by atoms with Crippen LogP contribution in [-0.2, 0) is 20.9 Å². The molecule has 1 aliphatic heterocycles. The maximum absolute atomic E-state index is 13.5. The molecule has 1 aliphatic rings. The Bertz CT molecular complexity index is 1720. The van der Waals surface area contributed by atoms with Crippen LogP contribution in [0.25, 0.3) is 23.0 Å². The van der Waals surface area contributed by atoms with E-state index >= 15 is 0 Å². The number of carbonyl (C=O) groups is 2. The van der Waals surface area contributed by atoms with Gasteiger partial charge in [-0.25, -0.2) is 4.68 Å². The third kappa shape index (κ3) is 6.03. The summed E-state index contributed by atoms with van der Waals surface area (Å²) < 4.78 is 12.8. The Kier molecular flexibility index (Phi) is 8.63. The first kappa shape index (κ1) is 28.6. The summed E-state index contributed by atoms with van der Waals surface area (Å²) in [7, 11) is 1.49. The Balaban J connectivity index is 1.53. The highest BCUT2D eigenvalue weighted by molar-refractivity contribution is 6.30. The van der Waals surface area contributed by atoms with Crippen LogP contribution in [0.15, 0.2) is 102 Å². The van der Waals surface area contributed by atoms with Gasteiger partial charge in [-0.1, -0.05) is 41.9 Å². The predicted octanol–water partition coefficient (Wildman–Crippen LogP) is 6.01. The monoisotopic (exact) mass is 578 g/mol. The van der Waals surface area contributed by atoms with Gasteiger partial charge in [0.25, 0.3) is 11.8 Å². The molecule has 4 aromatic rings. The van der Waals surface area contributed by atoms with Crippen molar-refractivity contribution in [1.29, 1.82) is 5.26 Å². The quantitative estimate of drug-likeness (QED) is 0.178. The second kappa shape index (κ2) is 12.7. The van der Waals surface area contributed by atoms with Crippen molar-refractivity contribution in [2.45, 2.75) is 13.5 Å². The fourth-order valence-electron chi connectivity index (χ4n) is 4.56. The summed E-state index contributed by atoms with van der Waals surface area (Å²) in [5.41, 5.74) is 4.40. The van der Waals surface area contributed by atoms with Crippen LogP contribution in [0.2, 0.25) is 5.02 Å². The number of aromatic nitrogens is 2. The molecule has 5 rings (SSSR count). The van der Waals surface area contributed by atoms with Crippen LogP contribution in [-0.4, -0.2) is 46.8 Å². The number of para-hydroxylation sites is 1. The Morgan fingerprint density at radius 1 is 0.976 bits per heavy atom. The molecule has 0 fully saturated rings. The lowest BCUT2D eigenvalue weighted by atomic mass is 9.93. The molecule has 0 bridgehead atoms. The number of rotatable bonds is 9. The van der Waals surface area contributed by atoms with Crippen LogP contribution in [0.4, 0.5) is 0 Å². The average Bonchev–Trinajstić information content (AvgIpc) is 3.44. The number of benzene rings is 3. The van der Waals surface area contributed by atoms with Gasteiger partial charge < -0.3 is 9.47 Å². The number of imide groups is 1. The van der Waals surface area contributed by atoms with Gasteiger partial charge in [0.15, 0.2) is 0 Å². The lowest BCUT2D eigenvalue weighted by molar-refractivity contribution is -0.141. The largest absolute Gasteiger partial charge is 0.489 e. The maximum Gasteiger partial charge on any atom is 0.271 e. The van der Waals surface area contributed by atoms with E-state index in [1.54, 1.807) is 17.7 Å². The molecule has 0 radical (unpaired) electrons. The van der Waals surface area contributed by atoms with Crippen molar-refractivity contribution < 1.29 is 19.1 Å². The van der Waals surface area contributed by atoms with Gasteiger partial charge in [0.2, 0.25) is 0 Å². The predicted molar refractivity (Wildman–Crippen MR) is 160 cm³/mol. The van der Waals surface area contributed by atoms with Gasteiger partial charge in [-0.05, 0) is 72.7 Å². The molecule has 9 heteroatoms. The highest BCUT2D eigenvalue weighted by Gasteiger charge is 2.35. The number of hydrogen-bond donors (Lipinski definition) is 0. The Morgan fingerprint density at radius 2 is 1.69 bits per heavy atom. The molecule has 210 valence electrons. The van der Waals surface area contributed by atoms with Gasteiger partial charge >= 0.3 is 0 Å². The van der Waals surface area contributed by atoms with Crippen LogP contribution < -0.4 is 4.74 Å². The van der Waals surface area contributed by atoms with Crippen molar-refractivity contribution in [3.05, 3.63) is 118 Å². The minimum absolute atomic E-state index is 0.0393. The van der Waals surface area contributed by atoms with Gasteiger partial charge in [-0.3, -0.25) is 14.5 Å². The summed E-state index contributed by atoms with van der Waals surface area (Å²) in [6.45, 7) is 2.20. The fourth-order valence-corrected chi connectivity index (χ4v) is 4.68. The van der Waals surface area contributed by atoms with E-state index < -0.39 is 11.8 Å². The summed E-state index contributed by atoms with van der Waals surface area (Å²) in [5.74, 6) is -0.426. The van der Waals surface area contributed by atoms with E-state index in [4.69, 9.17) is 26.2 Å². The van der Waals surface area contributed by atoms with Crippen molar-refractivity contribution in [2.24, 2.45) is 0 Å². The average molecular weight is 579 g/mol. The molecule has 0 N–H and O–H groups in total. The third-order valence-corrected chi connectivity index (χ3v) is 7.11. The molecule has 3 aromatic carbocycles. The Morgan fingerprint density at radius 3 is 2.36 bits per heavy atom. The van der Waals surface area contributed by atoms with Gasteiger partial charge in [-0.15, -0.1) is 0 Å². The lowest BCUT2D eigenvalue weighted by Crippen LogP contribution is -2.44. The molecule has 1 aromatic heterocycles.